The zero-order valence-electron chi connectivity index (χ0n) is 11.9. The number of hydrogen-bond donors (Lipinski definition) is 3. The number of hydrogen-bond acceptors (Lipinski definition) is 4. The standard InChI is InChI=1S/C14H19N3O3S/c1-13(4-3-7-21-13)12(20)17-14(5-2-6-14)11-15-8-9(16-11)10(18)19/h8H,2-7H2,1H3,(H,15,16)(H,17,20)(H,18,19). The van der Waals surface area contributed by atoms with E-state index in [9.17, 15) is 9.59 Å². The Morgan fingerprint density at radius 2 is 2.14 bits per heavy atom. The number of aromatic carboxylic acids is 1. The van der Waals surface area contributed by atoms with Crippen molar-refractivity contribution in [1.82, 2.24) is 15.3 Å². The van der Waals surface area contributed by atoms with Crippen molar-refractivity contribution in [2.45, 2.75) is 49.3 Å². The number of nitrogens with one attached hydrogen (secondary N) is 2. The molecule has 21 heavy (non-hydrogen) atoms. The van der Waals surface area contributed by atoms with Crippen LogP contribution in [0.3, 0.4) is 0 Å². The van der Waals surface area contributed by atoms with Crippen LogP contribution in [0, 0.1) is 0 Å². The summed E-state index contributed by atoms with van der Waals surface area (Å²) in [4.78, 5) is 30.6. The fraction of sp³-hybridized carbons (Fsp3) is 0.643. The molecule has 1 atom stereocenters. The van der Waals surface area contributed by atoms with Gasteiger partial charge in [-0.2, -0.15) is 0 Å². The van der Waals surface area contributed by atoms with Gasteiger partial charge in [-0.05, 0) is 44.8 Å². The lowest BCUT2D eigenvalue weighted by molar-refractivity contribution is -0.126. The highest BCUT2D eigenvalue weighted by Crippen LogP contribution is 2.43. The number of imidazole rings is 1. The Morgan fingerprint density at radius 3 is 2.62 bits per heavy atom. The van der Waals surface area contributed by atoms with Crippen LogP contribution in [-0.2, 0) is 10.3 Å². The molecule has 2 fully saturated rings. The topological polar surface area (TPSA) is 95.1 Å². The molecule has 3 N–H and O–H groups in total. The fourth-order valence-electron chi connectivity index (χ4n) is 2.93. The summed E-state index contributed by atoms with van der Waals surface area (Å²) < 4.78 is -0.370. The van der Waals surface area contributed by atoms with E-state index < -0.39 is 11.5 Å². The predicted molar refractivity (Wildman–Crippen MR) is 79.3 cm³/mol. The molecule has 0 bridgehead atoms. The van der Waals surface area contributed by atoms with Gasteiger partial charge in [-0.3, -0.25) is 4.79 Å². The molecule has 1 saturated carbocycles. The van der Waals surface area contributed by atoms with Crippen molar-refractivity contribution in [3.05, 3.63) is 17.7 Å². The van der Waals surface area contributed by atoms with E-state index in [2.05, 4.69) is 15.3 Å². The first-order valence-electron chi connectivity index (χ1n) is 7.21. The number of carbonyl (C=O) groups is 2. The lowest BCUT2D eigenvalue weighted by Crippen LogP contribution is -2.56. The van der Waals surface area contributed by atoms with E-state index in [4.69, 9.17) is 5.11 Å². The van der Waals surface area contributed by atoms with Crippen LogP contribution < -0.4 is 5.32 Å². The van der Waals surface area contributed by atoms with E-state index in [0.717, 1.165) is 37.9 Å². The van der Waals surface area contributed by atoms with Crippen molar-refractivity contribution in [3.8, 4) is 0 Å². The number of carboxylic acids is 1. The number of thioether (sulfide) groups is 1. The Hall–Kier alpha value is -1.50. The van der Waals surface area contributed by atoms with E-state index >= 15 is 0 Å². The molecule has 2 heterocycles. The molecule has 0 aromatic carbocycles. The van der Waals surface area contributed by atoms with Crippen LogP contribution in [0.5, 0.6) is 0 Å². The van der Waals surface area contributed by atoms with Crippen molar-refractivity contribution < 1.29 is 14.7 Å². The number of aromatic amines is 1. The molecule has 1 aliphatic carbocycles. The summed E-state index contributed by atoms with van der Waals surface area (Å²) in [7, 11) is 0. The highest BCUT2D eigenvalue weighted by molar-refractivity contribution is 8.01. The molecule has 7 heteroatoms. The molecule has 6 nitrogen and oxygen atoms in total. The molecule has 2 aliphatic rings. The molecule has 1 unspecified atom stereocenters. The van der Waals surface area contributed by atoms with Gasteiger partial charge in [0.25, 0.3) is 0 Å². The van der Waals surface area contributed by atoms with E-state index in [1.807, 2.05) is 6.92 Å². The van der Waals surface area contributed by atoms with Gasteiger partial charge in [0, 0.05) is 0 Å². The third-order valence-corrected chi connectivity index (χ3v) is 6.04. The molecule has 114 valence electrons. The summed E-state index contributed by atoms with van der Waals surface area (Å²) in [6.45, 7) is 1.98. The second kappa shape index (κ2) is 5.05. The SMILES string of the molecule is CC1(C(=O)NC2(c3ncc(C(=O)O)[nH]3)CCC2)CCCS1. The molecular formula is C14H19N3O3S. The highest BCUT2D eigenvalue weighted by Gasteiger charge is 2.47. The predicted octanol–water partition coefficient (Wildman–Crippen LogP) is 1.89. The highest BCUT2D eigenvalue weighted by atomic mass is 32.2. The summed E-state index contributed by atoms with van der Waals surface area (Å²) >= 11 is 1.70. The van der Waals surface area contributed by atoms with Gasteiger partial charge in [-0.1, -0.05) is 0 Å². The Kier molecular flexibility index (Phi) is 3.47. The first-order valence-corrected chi connectivity index (χ1v) is 8.19. The van der Waals surface area contributed by atoms with Gasteiger partial charge >= 0.3 is 5.97 Å². The number of carbonyl (C=O) groups excluding carboxylic acids is 1. The van der Waals surface area contributed by atoms with Gasteiger partial charge in [0.05, 0.1) is 16.5 Å². The maximum absolute atomic E-state index is 12.6. The summed E-state index contributed by atoms with van der Waals surface area (Å²) in [5, 5.41) is 12.1. The van der Waals surface area contributed by atoms with Gasteiger partial charge in [0.2, 0.25) is 5.91 Å². The smallest absolute Gasteiger partial charge is 0.353 e. The molecule has 0 spiro atoms. The minimum Gasteiger partial charge on any atom is -0.477 e. The van der Waals surface area contributed by atoms with Gasteiger partial charge in [-0.15, -0.1) is 11.8 Å². The van der Waals surface area contributed by atoms with Crippen LogP contribution in [0.4, 0.5) is 0 Å². The summed E-state index contributed by atoms with van der Waals surface area (Å²) in [5.41, 5.74) is -0.455. The summed E-state index contributed by atoms with van der Waals surface area (Å²) in [6.07, 6.45) is 5.87. The second-order valence-electron chi connectivity index (χ2n) is 6.02. The average molecular weight is 309 g/mol. The van der Waals surface area contributed by atoms with Crippen LogP contribution in [-0.4, -0.2) is 37.5 Å². The Balaban J connectivity index is 1.80. The van der Waals surface area contributed by atoms with Crippen molar-refractivity contribution in [3.63, 3.8) is 0 Å². The largest absolute Gasteiger partial charge is 0.477 e. The normalized spacial score (nSPS) is 27.1. The van der Waals surface area contributed by atoms with Crippen molar-refractivity contribution in [1.29, 1.82) is 0 Å². The second-order valence-corrected chi connectivity index (χ2v) is 7.62. The third kappa shape index (κ3) is 2.43. The van der Waals surface area contributed by atoms with Crippen LogP contribution in [0.25, 0.3) is 0 Å². The van der Waals surface area contributed by atoms with Crippen molar-refractivity contribution >= 4 is 23.6 Å². The van der Waals surface area contributed by atoms with Crippen molar-refractivity contribution in [2.75, 3.05) is 5.75 Å². The zero-order chi connectivity index (χ0) is 15.1. The van der Waals surface area contributed by atoms with Gasteiger partial charge < -0.3 is 15.4 Å². The Morgan fingerprint density at radius 1 is 1.38 bits per heavy atom. The van der Waals surface area contributed by atoms with Gasteiger partial charge in [0.15, 0.2) is 0 Å². The molecule has 0 radical (unpaired) electrons. The number of carboxylic acid groups (broad SMARTS) is 1. The van der Waals surface area contributed by atoms with Crippen LogP contribution in [0.2, 0.25) is 0 Å². The molecule has 1 aliphatic heterocycles. The fourth-order valence-corrected chi connectivity index (χ4v) is 4.14. The first-order chi connectivity index (χ1) is 9.95. The lowest BCUT2D eigenvalue weighted by atomic mass is 9.75. The molecule has 1 amide bonds. The molecule has 1 saturated heterocycles. The van der Waals surface area contributed by atoms with Crippen LogP contribution in [0.15, 0.2) is 6.20 Å². The number of aromatic nitrogens is 2. The minimum absolute atomic E-state index is 0.0398. The minimum atomic E-state index is -1.03. The molecule has 1 aromatic rings. The van der Waals surface area contributed by atoms with E-state index in [1.54, 1.807) is 11.8 Å². The summed E-state index contributed by atoms with van der Waals surface area (Å²) in [5.74, 6) is 0.581. The Labute approximate surface area is 127 Å². The average Bonchev–Trinajstić information content (AvgIpc) is 3.03. The molecule has 1 aromatic heterocycles. The maximum Gasteiger partial charge on any atom is 0.353 e. The van der Waals surface area contributed by atoms with Gasteiger partial charge in [-0.25, -0.2) is 9.78 Å². The summed E-state index contributed by atoms with van der Waals surface area (Å²) in [6, 6.07) is 0. The monoisotopic (exact) mass is 309 g/mol. The maximum atomic E-state index is 12.6. The van der Waals surface area contributed by atoms with E-state index in [-0.39, 0.29) is 16.3 Å². The van der Waals surface area contributed by atoms with Crippen LogP contribution >= 0.6 is 11.8 Å². The van der Waals surface area contributed by atoms with E-state index in [1.165, 1.54) is 6.20 Å². The lowest BCUT2D eigenvalue weighted by Gasteiger charge is -2.42. The van der Waals surface area contributed by atoms with Crippen LogP contribution in [0.1, 0.15) is 55.3 Å². The zero-order valence-corrected chi connectivity index (χ0v) is 12.8. The Bertz CT molecular complexity index is 574. The number of rotatable bonds is 4. The third-order valence-electron chi connectivity index (χ3n) is 4.52. The number of H-pyrrole nitrogens is 1. The van der Waals surface area contributed by atoms with Crippen molar-refractivity contribution in [2.24, 2.45) is 0 Å². The van der Waals surface area contributed by atoms with E-state index in [0.29, 0.717) is 5.82 Å². The molecular weight excluding hydrogens is 290 g/mol. The number of nitrogens with zero attached hydrogens (tertiary/aromatic N) is 1. The quantitative estimate of drug-likeness (QED) is 0.789. The first kappa shape index (κ1) is 14.4. The number of amides is 1. The van der Waals surface area contributed by atoms with Gasteiger partial charge in [0.1, 0.15) is 11.5 Å². The molecule has 3 rings (SSSR count).